The molecular weight excluding hydrogens is 230 g/mol. The van der Waals surface area contributed by atoms with Crippen molar-refractivity contribution in [1.29, 1.82) is 0 Å². The average Bonchev–Trinajstić information content (AvgIpc) is 2.24. The molecule has 1 N–H and O–H groups in total. The summed E-state index contributed by atoms with van der Waals surface area (Å²) in [4.78, 5) is 27.3. The number of nitrogens with zero attached hydrogens (tertiary/aromatic N) is 2. The minimum Gasteiger partial charge on any atom is -0.347 e. The van der Waals surface area contributed by atoms with Gasteiger partial charge in [-0.15, -0.1) is 0 Å². The molecule has 1 atom stereocenters. The van der Waals surface area contributed by atoms with Crippen LogP contribution in [-0.2, 0) is 9.59 Å². The molecule has 5 nitrogen and oxygen atoms in total. The highest BCUT2D eigenvalue weighted by molar-refractivity contribution is 5.85. The highest BCUT2D eigenvalue weighted by Gasteiger charge is 2.32. The maximum atomic E-state index is 12.4. The van der Waals surface area contributed by atoms with Crippen molar-refractivity contribution in [3.63, 3.8) is 0 Å². The summed E-state index contributed by atoms with van der Waals surface area (Å²) in [6.07, 6.45) is 0.877. The Bertz CT molecular complexity index is 301. The monoisotopic (exact) mass is 255 g/mol. The Kier molecular flexibility index (Phi) is 5.59. The van der Waals surface area contributed by atoms with Gasteiger partial charge in [-0.25, -0.2) is 0 Å². The molecule has 0 radical (unpaired) electrons. The van der Waals surface area contributed by atoms with Gasteiger partial charge in [-0.2, -0.15) is 0 Å². The molecule has 1 saturated heterocycles. The quantitative estimate of drug-likeness (QED) is 0.736. The lowest BCUT2D eigenvalue weighted by molar-refractivity contribution is -0.143. The second kappa shape index (κ2) is 6.73. The van der Waals surface area contributed by atoms with Crippen molar-refractivity contribution in [1.82, 2.24) is 15.1 Å². The third-order valence-corrected chi connectivity index (χ3v) is 3.54. The number of hydrogen-bond acceptors (Lipinski definition) is 3. The van der Waals surface area contributed by atoms with Crippen LogP contribution in [0.25, 0.3) is 0 Å². The van der Waals surface area contributed by atoms with Crippen molar-refractivity contribution in [2.24, 2.45) is 11.8 Å². The van der Waals surface area contributed by atoms with Crippen molar-refractivity contribution in [2.75, 3.05) is 40.3 Å². The normalized spacial score (nSPS) is 16.9. The maximum Gasteiger partial charge on any atom is 0.241 e. The van der Waals surface area contributed by atoms with Crippen LogP contribution in [0.15, 0.2) is 0 Å². The van der Waals surface area contributed by atoms with Crippen LogP contribution in [0.2, 0.25) is 0 Å². The second-order valence-electron chi connectivity index (χ2n) is 5.25. The molecule has 1 heterocycles. The van der Waals surface area contributed by atoms with Gasteiger partial charge >= 0.3 is 0 Å². The maximum absolute atomic E-state index is 12.4. The Morgan fingerprint density at radius 2 is 1.94 bits per heavy atom. The molecule has 1 aliphatic heterocycles. The SMILES string of the molecule is CCCN(CC(=O)N(C)C)C(=O)C(C)C1CNC1. The first-order chi connectivity index (χ1) is 8.47. The first-order valence-corrected chi connectivity index (χ1v) is 6.67. The second-order valence-corrected chi connectivity index (χ2v) is 5.25. The summed E-state index contributed by atoms with van der Waals surface area (Å²) in [6, 6.07) is 0. The van der Waals surface area contributed by atoms with E-state index in [1.165, 1.54) is 4.90 Å². The number of nitrogens with one attached hydrogen (secondary N) is 1. The van der Waals surface area contributed by atoms with Gasteiger partial charge in [0.15, 0.2) is 0 Å². The summed E-state index contributed by atoms with van der Waals surface area (Å²) in [7, 11) is 3.44. The predicted octanol–water partition coefficient (Wildman–Crippen LogP) is 0.169. The van der Waals surface area contributed by atoms with Gasteiger partial charge in [0.25, 0.3) is 0 Å². The van der Waals surface area contributed by atoms with Crippen molar-refractivity contribution >= 4 is 11.8 Å². The molecule has 2 amide bonds. The molecule has 0 aromatic carbocycles. The van der Waals surface area contributed by atoms with E-state index in [4.69, 9.17) is 0 Å². The Morgan fingerprint density at radius 1 is 1.33 bits per heavy atom. The van der Waals surface area contributed by atoms with Crippen LogP contribution in [0.4, 0.5) is 0 Å². The third kappa shape index (κ3) is 3.70. The van der Waals surface area contributed by atoms with Crippen molar-refractivity contribution in [2.45, 2.75) is 20.3 Å². The minimum atomic E-state index is -0.0178. The zero-order valence-corrected chi connectivity index (χ0v) is 11.9. The van der Waals surface area contributed by atoms with E-state index in [0.29, 0.717) is 12.5 Å². The number of hydrogen-bond donors (Lipinski definition) is 1. The topological polar surface area (TPSA) is 52.7 Å². The third-order valence-electron chi connectivity index (χ3n) is 3.54. The molecule has 0 spiro atoms. The molecule has 1 fully saturated rings. The lowest BCUT2D eigenvalue weighted by Gasteiger charge is -2.35. The fraction of sp³-hybridized carbons (Fsp3) is 0.846. The van der Waals surface area contributed by atoms with E-state index in [1.54, 1.807) is 19.0 Å². The van der Waals surface area contributed by atoms with Crippen molar-refractivity contribution in [3.8, 4) is 0 Å². The van der Waals surface area contributed by atoms with Crippen LogP contribution in [0.3, 0.4) is 0 Å². The van der Waals surface area contributed by atoms with Gasteiger partial charge in [0, 0.05) is 26.6 Å². The fourth-order valence-electron chi connectivity index (χ4n) is 2.00. The van der Waals surface area contributed by atoms with Gasteiger partial charge in [-0.1, -0.05) is 13.8 Å². The average molecular weight is 255 g/mol. The summed E-state index contributed by atoms with van der Waals surface area (Å²) in [6.45, 7) is 6.67. The Hall–Kier alpha value is -1.10. The summed E-state index contributed by atoms with van der Waals surface area (Å²) in [5, 5.41) is 3.18. The molecule has 5 heteroatoms. The van der Waals surface area contributed by atoms with Crippen LogP contribution >= 0.6 is 0 Å². The van der Waals surface area contributed by atoms with E-state index < -0.39 is 0 Å². The van der Waals surface area contributed by atoms with Crippen molar-refractivity contribution in [3.05, 3.63) is 0 Å². The molecular formula is C13H25N3O2. The molecule has 1 unspecified atom stereocenters. The Morgan fingerprint density at radius 3 is 2.33 bits per heavy atom. The molecule has 0 bridgehead atoms. The lowest BCUT2D eigenvalue weighted by atomic mass is 9.88. The fourth-order valence-corrected chi connectivity index (χ4v) is 2.00. The van der Waals surface area contributed by atoms with Gasteiger partial charge < -0.3 is 15.1 Å². The van der Waals surface area contributed by atoms with E-state index in [0.717, 1.165) is 19.5 Å². The van der Waals surface area contributed by atoms with Gasteiger partial charge in [0.2, 0.25) is 11.8 Å². The van der Waals surface area contributed by atoms with Crippen LogP contribution in [-0.4, -0.2) is 61.9 Å². The summed E-state index contributed by atoms with van der Waals surface area (Å²) in [5.74, 6) is 0.522. The molecule has 1 rings (SSSR count). The van der Waals surface area contributed by atoms with Crippen LogP contribution in [0.1, 0.15) is 20.3 Å². The predicted molar refractivity (Wildman–Crippen MR) is 71.1 cm³/mol. The highest BCUT2D eigenvalue weighted by atomic mass is 16.2. The lowest BCUT2D eigenvalue weighted by Crippen LogP contribution is -2.51. The smallest absolute Gasteiger partial charge is 0.241 e. The van der Waals surface area contributed by atoms with Crippen LogP contribution < -0.4 is 5.32 Å². The molecule has 0 aliphatic carbocycles. The first-order valence-electron chi connectivity index (χ1n) is 6.67. The molecule has 1 aliphatic rings. The van der Waals surface area contributed by atoms with E-state index in [-0.39, 0.29) is 24.3 Å². The van der Waals surface area contributed by atoms with Gasteiger partial charge in [-0.3, -0.25) is 9.59 Å². The largest absolute Gasteiger partial charge is 0.347 e. The number of likely N-dealkylation sites (N-methyl/N-ethyl adjacent to an activating group) is 1. The van der Waals surface area contributed by atoms with E-state index >= 15 is 0 Å². The molecule has 18 heavy (non-hydrogen) atoms. The number of amides is 2. The first kappa shape index (κ1) is 15.0. The van der Waals surface area contributed by atoms with Gasteiger partial charge in [0.05, 0.1) is 6.54 Å². The standard InChI is InChI=1S/C13H25N3O2/c1-5-6-16(9-12(17)15(3)4)13(18)10(2)11-7-14-8-11/h10-11,14H,5-9H2,1-4H3. The Balaban J connectivity index is 2.58. The van der Waals surface area contributed by atoms with Gasteiger partial charge in [-0.05, 0) is 25.4 Å². The molecule has 0 aromatic heterocycles. The highest BCUT2D eigenvalue weighted by Crippen LogP contribution is 2.18. The summed E-state index contributed by atoms with van der Waals surface area (Å²) >= 11 is 0. The van der Waals surface area contributed by atoms with Gasteiger partial charge in [0.1, 0.15) is 0 Å². The van der Waals surface area contributed by atoms with Crippen LogP contribution in [0.5, 0.6) is 0 Å². The zero-order valence-electron chi connectivity index (χ0n) is 11.9. The Labute approximate surface area is 110 Å². The van der Waals surface area contributed by atoms with Crippen molar-refractivity contribution < 1.29 is 9.59 Å². The van der Waals surface area contributed by atoms with E-state index in [1.807, 2.05) is 13.8 Å². The molecule has 0 aromatic rings. The van der Waals surface area contributed by atoms with E-state index in [2.05, 4.69) is 5.32 Å². The number of carbonyl (C=O) groups excluding carboxylic acids is 2. The summed E-state index contributed by atoms with van der Waals surface area (Å²) in [5.41, 5.74) is 0. The number of rotatable bonds is 6. The van der Waals surface area contributed by atoms with Crippen LogP contribution in [0, 0.1) is 11.8 Å². The zero-order chi connectivity index (χ0) is 13.7. The minimum absolute atomic E-state index is 0.00719. The number of carbonyl (C=O) groups is 2. The summed E-state index contributed by atoms with van der Waals surface area (Å²) < 4.78 is 0. The molecule has 0 saturated carbocycles. The van der Waals surface area contributed by atoms with E-state index in [9.17, 15) is 9.59 Å². The molecule has 104 valence electrons.